The zero-order valence-corrected chi connectivity index (χ0v) is 12.8. The summed E-state index contributed by atoms with van der Waals surface area (Å²) in [7, 11) is 1.70. The van der Waals surface area contributed by atoms with E-state index in [4.69, 9.17) is 16.3 Å². The molecular formula is C15H24ClNO2. The fourth-order valence-corrected chi connectivity index (χ4v) is 2.62. The van der Waals surface area contributed by atoms with E-state index in [0.717, 1.165) is 30.6 Å². The molecule has 0 atom stereocenters. The summed E-state index contributed by atoms with van der Waals surface area (Å²) in [6, 6.07) is 6.20. The largest absolute Gasteiger partial charge is 0.392 e. The van der Waals surface area contributed by atoms with Crippen LogP contribution in [0.15, 0.2) is 18.2 Å². The van der Waals surface area contributed by atoms with Gasteiger partial charge in [0.05, 0.1) is 13.2 Å². The quantitative estimate of drug-likeness (QED) is 0.794. The molecule has 0 bridgehead atoms. The van der Waals surface area contributed by atoms with E-state index in [0.29, 0.717) is 17.7 Å². The molecule has 4 heteroatoms. The predicted octanol–water partition coefficient (Wildman–Crippen LogP) is 3.47. The molecule has 0 aliphatic heterocycles. The molecule has 1 aromatic rings. The van der Waals surface area contributed by atoms with Crippen LogP contribution in [-0.2, 0) is 11.3 Å². The Kier molecular flexibility index (Phi) is 7.21. The highest BCUT2D eigenvalue weighted by Crippen LogP contribution is 2.30. The van der Waals surface area contributed by atoms with Crippen molar-refractivity contribution in [3.05, 3.63) is 28.8 Å². The van der Waals surface area contributed by atoms with Crippen molar-refractivity contribution in [3.8, 4) is 0 Å². The average molecular weight is 286 g/mol. The van der Waals surface area contributed by atoms with Crippen molar-refractivity contribution in [1.82, 2.24) is 0 Å². The van der Waals surface area contributed by atoms with Gasteiger partial charge in [0.25, 0.3) is 0 Å². The lowest BCUT2D eigenvalue weighted by Crippen LogP contribution is -2.37. The van der Waals surface area contributed by atoms with Crippen LogP contribution in [0.4, 0.5) is 5.69 Å². The standard InChI is InChI=1S/C15H24ClNO2/c1-4-12(5-2)17(9-10-19-3)15-8-6-7-14(16)13(15)11-18/h6-8,12,18H,4-5,9-11H2,1-3H3. The number of anilines is 1. The number of methoxy groups -OCH3 is 1. The lowest BCUT2D eigenvalue weighted by atomic mass is 10.1. The highest BCUT2D eigenvalue weighted by molar-refractivity contribution is 6.31. The summed E-state index contributed by atoms with van der Waals surface area (Å²) in [4.78, 5) is 2.29. The maximum atomic E-state index is 9.56. The number of hydrogen-bond acceptors (Lipinski definition) is 3. The zero-order chi connectivity index (χ0) is 14.3. The number of ether oxygens (including phenoxy) is 1. The van der Waals surface area contributed by atoms with Gasteiger partial charge in [0.1, 0.15) is 0 Å². The molecule has 19 heavy (non-hydrogen) atoms. The van der Waals surface area contributed by atoms with Crippen LogP contribution in [0, 0.1) is 0 Å². The molecule has 0 aliphatic carbocycles. The number of nitrogens with zero attached hydrogens (tertiary/aromatic N) is 1. The third-order valence-electron chi connectivity index (χ3n) is 3.48. The van der Waals surface area contributed by atoms with Crippen molar-refractivity contribution in [1.29, 1.82) is 0 Å². The van der Waals surface area contributed by atoms with Gasteiger partial charge < -0.3 is 14.7 Å². The number of halogens is 1. The third kappa shape index (κ3) is 4.10. The molecule has 0 aliphatic rings. The van der Waals surface area contributed by atoms with Crippen LogP contribution in [0.2, 0.25) is 5.02 Å². The van der Waals surface area contributed by atoms with Crippen LogP contribution in [0.1, 0.15) is 32.3 Å². The van der Waals surface area contributed by atoms with E-state index in [1.54, 1.807) is 7.11 Å². The van der Waals surface area contributed by atoms with Crippen molar-refractivity contribution in [2.45, 2.75) is 39.3 Å². The predicted molar refractivity (Wildman–Crippen MR) is 81.0 cm³/mol. The minimum Gasteiger partial charge on any atom is -0.392 e. The first-order valence-corrected chi connectivity index (χ1v) is 7.21. The van der Waals surface area contributed by atoms with Gasteiger partial charge in [-0.05, 0) is 25.0 Å². The number of rotatable bonds is 8. The first kappa shape index (κ1) is 16.3. The van der Waals surface area contributed by atoms with E-state index in [1.165, 1.54) is 0 Å². The molecule has 0 spiro atoms. The summed E-state index contributed by atoms with van der Waals surface area (Å²) in [5, 5.41) is 10.2. The fourth-order valence-electron chi connectivity index (χ4n) is 2.39. The zero-order valence-electron chi connectivity index (χ0n) is 12.0. The van der Waals surface area contributed by atoms with E-state index in [-0.39, 0.29) is 6.61 Å². The van der Waals surface area contributed by atoms with Crippen LogP contribution < -0.4 is 4.90 Å². The van der Waals surface area contributed by atoms with Crippen molar-refractivity contribution >= 4 is 17.3 Å². The SMILES string of the molecule is CCC(CC)N(CCOC)c1cccc(Cl)c1CO. The number of aliphatic hydroxyl groups excluding tert-OH is 1. The van der Waals surface area contributed by atoms with Crippen LogP contribution in [0.25, 0.3) is 0 Å². The highest BCUT2D eigenvalue weighted by Gasteiger charge is 2.19. The molecule has 0 heterocycles. The van der Waals surface area contributed by atoms with E-state index < -0.39 is 0 Å². The Morgan fingerprint density at radius 3 is 2.53 bits per heavy atom. The minimum atomic E-state index is -0.0430. The van der Waals surface area contributed by atoms with E-state index in [2.05, 4.69) is 18.7 Å². The Morgan fingerprint density at radius 2 is 2.00 bits per heavy atom. The molecule has 1 rings (SSSR count). The first-order valence-electron chi connectivity index (χ1n) is 6.83. The smallest absolute Gasteiger partial charge is 0.0716 e. The van der Waals surface area contributed by atoms with Gasteiger partial charge in [0.2, 0.25) is 0 Å². The molecule has 0 aromatic heterocycles. The Balaban J connectivity index is 3.12. The molecule has 0 saturated heterocycles. The summed E-state index contributed by atoms with van der Waals surface area (Å²) in [5.74, 6) is 0. The molecule has 0 fully saturated rings. The molecule has 108 valence electrons. The molecule has 1 aromatic carbocycles. The normalized spacial score (nSPS) is 11.1. The molecule has 0 unspecified atom stereocenters. The van der Waals surface area contributed by atoms with Crippen molar-refractivity contribution in [2.24, 2.45) is 0 Å². The van der Waals surface area contributed by atoms with Crippen LogP contribution >= 0.6 is 11.6 Å². The van der Waals surface area contributed by atoms with Gasteiger partial charge in [0, 0.05) is 36.0 Å². The van der Waals surface area contributed by atoms with Gasteiger partial charge in [-0.3, -0.25) is 0 Å². The van der Waals surface area contributed by atoms with Gasteiger partial charge in [-0.15, -0.1) is 0 Å². The van der Waals surface area contributed by atoms with Gasteiger partial charge in [-0.25, -0.2) is 0 Å². The fraction of sp³-hybridized carbons (Fsp3) is 0.600. The van der Waals surface area contributed by atoms with Crippen molar-refractivity contribution in [2.75, 3.05) is 25.2 Å². The second-order valence-electron chi connectivity index (χ2n) is 4.55. The second-order valence-corrected chi connectivity index (χ2v) is 4.96. The van der Waals surface area contributed by atoms with E-state index in [1.807, 2.05) is 18.2 Å². The van der Waals surface area contributed by atoms with Gasteiger partial charge in [0.15, 0.2) is 0 Å². The molecule has 3 nitrogen and oxygen atoms in total. The Labute approximate surface area is 121 Å². The minimum absolute atomic E-state index is 0.0430. The monoisotopic (exact) mass is 285 g/mol. The van der Waals surface area contributed by atoms with Gasteiger partial charge in [-0.2, -0.15) is 0 Å². The topological polar surface area (TPSA) is 32.7 Å². The van der Waals surface area contributed by atoms with Gasteiger partial charge >= 0.3 is 0 Å². The first-order chi connectivity index (χ1) is 9.19. The van der Waals surface area contributed by atoms with Crippen LogP contribution in [0.3, 0.4) is 0 Å². The third-order valence-corrected chi connectivity index (χ3v) is 3.84. The summed E-state index contributed by atoms with van der Waals surface area (Å²) in [6.07, 6.45) is 2.11. The van der Waals surface area contributed by atoms with Crippen LogP contribution in [-0.4, -0.2) is 31.4 Å². The van der Waals surface area contributed by atoms with E-state index >= 15 is 0 Å². The summed E-state index contributed by atoms with van der Waals surface area (Å²) >= 11 is 6.18. The van der Waals surface area contributed by atoms with Crippen molar-refractivity contribution in [3.63, 3.8) is 0 Å². The molecule has 0 radical (unpaired) electrons. The summed E-state index contributed by atoms with van der Waals surface area (Å²) in [6.45, 7) is 5.77. The molecule has 1 N–H and O–H groups in total. The average Bonchev–Trinajstić information content (AvgIpc) is 2.43. The Bertz CT molecular complexity index is 380. The van der Waals surface area contributed by atoms with Crippen LogP contribution in [0.5, 0.6) is 0 Å². The Morgan fingerprint density at radius 1 is 1.32 bits per heavy atom. The lowest BCUT2D eigenvalue weighted by Gasteiger charge is -2.34. The maximum Gasteiger partial charge on any atom is 0.0716 e. The molecular weight excluding hydrogens is 262 g/mol. The number of hydrogen-bond donors (Lipinski definition) is 1. The van der Waals surface area contributed by atoms with E-state index in [9.17, 15) is 5.11 Å². The van der Waals surface area contributed by atoms with Gasteiger partial charge in [-0.1, -0.05) is 31.5 Å². The number of aliphatic hydroxyl groups is 1. The van der Waals surface area contributed by atoms with Crippen molar-refractivity contribution < 1.29 is 9.84 Å². The molecule has 0 saturated carbocycles. The highest BCUT2D eigenvalue weighted by atomic mass is 35.5. The Hall–Kier alpha value is -0.770. The maximum absolute atomic E-state index is 9.56. The lowest BCUT2D eigenvalue weighted by molar-refractivity contribution is 0.202. The number of benzene rings is 1. The summed E-state index contributed by atoms with van der Waals surface area (Å²) < 4.78 is 5.20. The summed E-state index contributed by atoms with van der Waals surface area (Å²) in [5.41, 5.74) is 1.81. The second kappa shape index (κ2) is 8.41. The molecule has 0 amide bonds.